The maximum atomic E-state index is 13.6. The average molecular weight is 318 g/mol. The number of nitrogens with two attached hydrogens (primary N) is 1. The molecule has 1 amide bonds. The number of hydrogen-bond acceptors (Lipinski definition) is 3. The Hall–Kier alpha value is -1.67. The molecule has 114 valence electrons. The van der Waals surface area contributed by atoms with E-state index < -0.39 is 34.5 Å². The molecule has 1 aromatic carbocycles. The van der Waals surface area contributed by atoms with Crippen molar-refractivity contribution in [2.45, 2.75) is 12.8 Å². The van der Waals surface area contributed by atoms with Crippen LogP contribution in [0.5, 0.6) is 0 Å². The Bertz CT molecular complexity index is 589. The standard InChI is InChI=1S/C13H13F3N2O2S/c14-7-5-8(15)10(16)9(6-7)18-12(19)13(11(17)21)1-3-20-4-2-13/h5-6H,1-4H2,(H2,17,21)(H,18,19). The highest BCUT2D eigenvalue weighted by Crippen LogP contribution is 2.33. The Morgan fingerprint density at radius 1 is 1.29 bits per heavy atom. The monoisotopic (exact) mass is 318 g/mol. The molecular weight excluding hydrogens is 305 g/mol. The molecule has 3 N–H and O–H groups in total. The van der Waals surface area contributed by atoms with Crippen molar-refractivity contribution < 1.29 is 22.7 Å². The summed E-state index contributed by atoms with van der Waals surface area (Å²) in [6.07, 6.45) is 0.459. The Morgan fingerprint density at radius 2 is 1.90 bits per heavy atom. The zero-order chi connectivity index (χ0) is 15.6. The van der Waals surface area contributed by atoms with E-state index >= 15 is 0 Å². The molecule has 1 aliphatic rings. The van der Waals surface area contributed by atoms with Crippen LogP contribution in [0, 0.1) is 22.9 Å². The van der Waals surface area contributed by atoms with E-state index in [-0.39, 0.29) is 31.0 Å². The van der Waals surface area contributed by atoms with E-state index in [1.807, 2.05) is 0 Å². The number of hydrogen-bond donors (Lipinski definition) is 2. The highest BCUT2D eigenvalue weighted by Gasteiger charge is 2.43. The first kappa shape index (κ1) is 15.7. The quantitative estimate of drug-likeness (QED) is 0.662. The Kier molecular flexibility index (Phi) is 4.48. The van der Waals surface area contributed by atoms with Crippen LogP contribution in [0.15, 0.2) is 12.1 Å². The van der Waals surface area contributed by atoms with Crippen LogP contribution >= 0.6 is 12.2 Å². The van der Waals surface area contributed by atoms with Gasteiger partial charge in [-0.05, 0) is 12.8 Å². The number of rotatable bonds is 3. The van der Waals surface area contributed by atoms with Gasteiger partial charge in [0, 0.05) is 25.3 Å². The van der Waals surface area contributed by atoms with Gasteiger partial charge in [-0.25, -0.2) is 13.2 Å². The van der Waals surface area contributed by atoms with Crippen LogP contribution in [0.1, 0.15) is 12.8 Å². The van der Waals surface area contributed by atoms with Crippen LogP contribution < -0.4 is 11.1 Å². The van der Waals surface area contributed by atoms with Crippen molar-refractivity contribution in [1.82, 2.24) is 0 Å². The van der Waals surface area contributed by atoms with Gasteiger partial charge >= 0.3 is 0 Å². The summed E-state index contributed by atoms with van der Waals surface area (Å²) in [7, 11) is 0. The van der Waals surface area contributed by atoms with E-state index in [1.165, 1.54) is 0 Å². The molecule has 4 nitrogen and oxygen atoms in total. The van der Waals surface area contributed by atoms with E-state index in [1.54, 1.807) is 0 Å². The fourth-order valence-corrected chi connectivity index (χ4v) is 2.49. The molecule has 1 fully saturated rings. The molecular formula is C13H13F3N2O2S. The number of nitrogens with one attached hydrogen (secondary N) is 1. The van der Waals surface area contributed by atoms with Gasteiger partial charge in [-0.2, -0.15) is 0 Å². The second-order valence-corrected chi connectivity index (χ2v) is 5.20. The summed E-state index contributed by atoms with van der Waals surface area (Å²) in [6.45, 7) is 0.537. The fraction of sp³-hybridized carbons (Fsp3) is 0.385. The molecule has 0 aliphatic carbocycles. The van der Waals surface area contributed by atoms with Crippen LogP contribution in [0.25, 0.3) is 0 Å². The topological polar surface area (TPSA) is 64.4 Å². The first-order chi connectivity index (χ1) is 9.86. The van der Waals surface area contributed by atoms with Crippen LogP contribution in [0.4, 0.5) is 18.9 Å². The van der Waals surface area contributed by atoms with Crippen molar-refractivity contribution in [3.63, 3.8) is 0 Å². The smallest absolute Gasteiger partial charge is 0.237 e. The molecule has 2 rings (SSSR count). The molecule has 1 aliphatic heterocycles. The summed E-state index contributed by atoms with van der Waals surface area (Å²) >= 11 is 4.92. The van der Waals surface area contributed by atoms with Crippen molar-refractivity contribution >= 4 is 28.8 Å². The number of carbonyl (C=O) groups is 1. The van der Waals surface area contributed by atoms with E-state index in [0.29, 0.717) is 12.1 Å². The molecule has 0 saturated carbocycles. The van der Waals surface area contributed by atoms with Crippen LogP contribution in [-0.2, 0) is 9.53 Å². The minimum absolute atomic E-state index is 0.0550. The highest BCUT2D eigenvalue weighted by atomic mass is 32.1. The number of anilines is 1. The van der Waals surface area contributed by atoms with Crippen LogP contribution in [0.3, 0.4) is 0 Å². The van der Waals surface area contributed by atoms with E-state index in [0.717, 1.165) is 0 Å². The maximum Gasteiger partial charge on any atom is 0.237 e. The molecule has 1 saturated heterocycles. The van der Waals surface area contributed by atoms with Gasteiger partial charge in [0.15, 0.2) is 11.6 Å². The lowest BCUT2D eigenvalue weighted by Gasteiger charge is -2.34. The van der Waals surface area contributed by atoms with Gasteiger partial charge in [-0.3, -0.25) is 4.79 Å². The number of thiocarbonyl (C=S) groups is 1. The number of ether oxygens (including phenoxy) is 1. The van der Waals surface area contributed by atoms with Gasteiger partial charge in [0.2, 0.25) is 5.91 Å². The number of benzene rings is 1. The molecule has 21 heavy (non-hydrogen) atoms. The summed E-state index contributed by atoms with van der Waals surface area (Å²) in [5, 5.41) is 2.17. The summed E-state index contributed by atoms with van der Waals surface area (Å²) in [6, 6.07) is 1.09. The second kappa shape index (κ2) is 5.98. The SMILES string of the molecule is NC(=S)C1(C(=O)Nc2cc(F)cc(F)c2F)CCOCC1. The minimum atomic E-state index is -1.39. The van der Waals surface area contributed by atoms with Crippen molar-refractivity contribution in [3.05, 3.63) is 29.6 Å². The van der Waals surface area contributed by atoms with E-state index in [9.17, 15) is 18.0 Å². The van der Waals surface area contributed by atoms with E-state index in [4.69, 9.17) is 22.7 Å². The number of halogens is 3. The van der Waals surface area contributed by atoms with Crippen molar-refractivity contribution in [3.8, 4) is 0 Å². The van der Waals surface area contributed by atoms with Gasteiger partial charge in [-0.1, -0.05) is 12.2 Å². The Balaban J connectivity index is 2.30. The van der Waals surface area contributed by atoms with Gasteiger partial charge in [-0.15, -0.1) is 0 Å². The van der Waals surface area contributed by atoms with Gasteiger partial charge in [0.1, 0.15) is 11.2 Å². The third kappa shape index (κ3) is 3.01. The second-order valence-electron chi connectivity index (χ2n) is 4.76. The molecule has 1 heterocycles. The normalized spacial score (nSPS) is 17.3. The Morgan fingerprint density at radius 3 is 2.48 bits per heavy atom. The van der Waals surface area contributed by atoms with Gasteiger partial charge in [0.05, 0.1) is 10.7 Å². The van der Waals surface area contributed by atoms with Gasteiger partial charge < -0.3 is 15.8 Å². The largest absolute Gasteiger partial charge is 0.392 e. The zero-order valence-electron chi connectivity index (χ0n) is 10.9. The molecule has 8 heteroatoms. The Labute approximate surface area is 124 Å². The third-order valence-corrected chi connectivity index (χ3v) is 3.88. The molecule has 0 bridgehead atoms. The van der Waals surface area contributed by atoms with Crippen LogP contribution in [0.2, 0.25) is 0 Å². The lowest BCUT2D eigenvalue weighted by molar-refractivity contribution is -0.126. The van der Waals surface area contributed by atoms with Crippen molar-refractivity contribution in [2.75, 3.05) is 18.5 Å². The highest BCUT2D eigenvalue weighted by molar-refractivity contribution is 7.80. The van der Waals surface area contributed by atoms with Crippen LogP contribution in [-0.4, -0.2) is 24.1 Å². The maximum absolute atomic E-state index is 13.6. The zero-order valence-corrected chi connectivity index (χ0v) is 11.7. The molecule has 0 atom stereocenters. The molecule has 0 spiro atoms. The fourth-order valence-electron chi connectivity index (χ4n) is 2.19. The average Bonchev–Trinajstić information content (AvgIpc) is 2.44. The summed E-state index contributed by atoms with van der Waals surface area (Å²) in [5.41, 5.74) is 3.84. The molecule has 0 aromatic heterocycles. The van der Waals surface area contributed by atoms with Crippen molar-refractivity contribution in [2.24, 2.45) is 11.1 Å². The van der Waals surface area contributed by atoms with Crippen molar-refractivity contribution in [1.29, 1.82) is 0 Å². The lowest BCUT2D eigenvalue weighted by Crippen LogP contribution is -2.49. The predicted octanol–water partition coefficient (Wildman–Crippen LogP) is 2.13. The predicted molar refractivity (Wildman–Crippen MR) is 74.2 cm³/mol. The molecule has 0 radical (unpaired) electrons. The summed E-state index contributed by atoms with van der Waals surface area (Å²) < 4.78 is 45.0. The summed E-state index contributed by atoms with van der Waals surface area (Å²) in [4.78, 5) is 12.3. The first-order valence-corrected chi connectivity index (χ1v) is 6.61. The summed E-state index contributed by atoms with van der Waals surface area (Å²) in [5.74, 6) is -4.42. The first-order valence-electron chi connectivity index (χ1n) is 6.20. The lowest BCUT2D eigenvalue weighted by atomic mass is 9.79. The third-order valence-electron chi connectivity index (χ3n) is 3.49. The minimum Gasteiger partial charge on any atom is -0.392 e. The molecule has 1 aromatic rings. The number of amides is 1. The van der Waals surface area contributed by atoms with E-state index in [2.05, 4.69) is 5.32 Å². The number of carbonyl (C=O) groups excluding carboxylic acids is 1. The molecule has 0 unspecified atom stereocenters. The van der Waals surface area contributed by atoms with Gasteiger partial charge in [0.25, 0.3) is 0 Å².